The summed E-state index contributed by atoms with van der Waals surface area (Å²) in [5.74, 6) is 1.18. The van der Waals surface area contributed by atoms with Crippen molar-refractivity contribution in [1.29, 1.82) is 0 Å². The number of imidazole rings is 1. The van der Waals surface area contributed by atoms with Crippen LogP contribution < -0.4 is 5.32 Å². The van der Waals surface area contributed by atoms with Crippen LogP contribution in [0.1, 0.15) is 50.4 Å². The number of fused-ring (bicyclic) bond motifs is 2. The van der Waals surface area contributed by atoms with Gasteiger partial charge in [0.15, 0.2) is 10.8 Å². The average molecular weight is 408 g/mol. The topological polar surface area (TPSA) is 86.7 Å². The SMILES string of the molecule is C[C@](O)(Nc1nc2ccc(Cc3nc4ncccc4[nH]3)cc2s1)C1CCCCC1. The van der Waals surface area contributed by atoms with E-state index in [1.54, 1.807) is 17.5 Å². The third kappa shape index (κ3) is 3.84. The quantitative estimate of drug-likeness (QED) is 0.411. The van der Waals surface area contributed by atoms with E-state index < -0.39 is 5.72 Å². The van der Waals surface area contributed by atoms with Crippen LogP contribution in [0.3, 0.4) is 0 Å². The number of benzene rings is 1. The van der Waals surface area contributed by atoms with Crippen LogP contribution in [0.2, 0.25) is 0 Å². The summed E-state index contributed by atoms with van der Waals surface area (Å²) in [5, 5.41) is 15.1. The number of rotatable bonds is 5. The lowest BCUT2D eigenvalue weighted by atomic mass is 9.82. The maximum atomic E-state index is 11.0. The summed E-state index contributed by atoms with van der Waals surface area (Å²) in [6.45, 7) is 1.89. The molecule has 3 N–H and O–H groups in total. The van der Waals surface area contributed by atoms with E-state index in [1.165, 1.54) is 24.8 Å². The highest BCUT2D eigenvalue weighted by molar-refractivity contribution is 7.22. The lowest BCUT2D eigenvalue weighted by Crippen LogP contribution is -2.43. The number of anilines is 1. The molecule has 1 aliphatic rings. The fourth-order valence-corrected chi connectivity index (χ4v) is 5.33. The van der Waals surface area contributed by atoms with E-state index in [2.05, 4.69) is 37.4 Å². The number of nitrogens with one attached hydrogen (secondary N) is 2. The first-order valence-corrected chi connectivity index (χ1v) is 11.1. The molecule has 1 fully saturated rings. The number of pyridine rings is 1. The monoisotopic (exact) mass is 407 g/mol. The van der Waals surface area contributed by atoms with Crippen LogP contribution in [0.25, 0.3) is 21.4 Å². The molecular formula is C22H25N5OS. The standard InChI is InChI=1S/C22H25N5OS/c1-22(28,15-6-3-2-4-7-15)27-21-25-16-10-9-14(12-18(16)29-21)13-19-24-17-8-5-11-23-20(17)26-19/h5,8-12,15,28H,2-4,6-7,13H2,1H3,(H,25,27)(H,23,24,26)/t22-/m1/s1. The largest absolute Gasteiger partial charge is 0.371 e. The second-order valence-electron chi connectivity index (χ2n) is 8.16. The van der Waals surface area contributed by atoms with Gasteiger partial charge in [0, 0.05) is 18.5 Å². The van der Waals surface area contributed by atoms with Crippen molar-refractivity contribution in [3.8, 4) is 0 Å². The zero-order chi connectivity index (χ0) is 19.8. The highest BCUT2D eigenvalue weighted by Gasteiger charge is 2.33. The number of hydrogen-bond acceptors (Lipinski definition) is 6. The molecule has 5 rings (SSSR count). The van der Waals surface area contributed by atoms with Gasteiger partial charge in [0.25, 0.3) is 0 Å². The molecule has 7 heteroatoms. The van der Waals surface area contributed by atoms with Gasteiger partial charge in [-0.1, -0.05) is 36.7 Å². The van der Waals surface area contributed by atoms with Crippen LogP contribution in [-0.4, -0.2) is 30.8 Å². The van der Waals surface area contributed by atoms with Crippen molar-refractivity contribution in [3.63, 3.8) is 0 Å². The van der Waals surface area contributed by atoms with Crippen molar-refractivity contribution >= 4 is 37.8 Å². The number of aromatic nitrogens is 4. The van der Waals surface area contributed by atoms with Gasteiger partial charge in [0.05, 0.1) is 15.7 Å². The fraction of sp³-hybridized carbons (Fsp3) is 0.409. The minimum atomic E-state index is -0.918. The van der Waals surface area contributed by atoms with Gasteiger partial charge in [0.2, 0.25) is 0 Å². The van der Waals surface area contributed by atoms with Gasteiger partial charge in [-0.2, -0.15) is 0 Å². The summed E-state index contributed by atoms with van der Waals surface area (Å²) in [4.78, 5) is 16.9. The summed E-state index contributed by atoms with van der Waals surface area (Å²) in [6, 6.07) is 10.2. The van der Waals surface area contributed by atoms with Crippen LogP contribution in [0.5, 0.6) is 0 Å². The average Bonchev–Trinajstić information content (AvgIpc) is 3.30. The van der Waals surface area contributed by atoms with E-state index in [1.807, 2.05) is 25.1 Å². The molecule has 0 spiro atoms. The Morgan fingerprint density at radius 1 is 1.21 bits per heavy atom. The molecular weight excluding hydrogens is 382 g/mol. The first-order chi connectivity index (χ1) is 14.1. The molecule has 1 saturated carbocycles. The Morgan fingerprint density at radius 2 is 2.07 bits per heavy atom. The first kappa shape index (κ1) is 18.5. The van der Waals surface area contributed by atoms with Crippen molar-refractivity contribution in [2.45, 2.75) is 51.2 Å². The molecule has 1 aliphatic carbocycles. The van der Waals surface area contributed by atoms with E-state index in [9.17, 15) is 5.11 Å². The third-order valence-corrected chi connectivity index (χ3v) is 6.82. The zero-order valence-corrected chi connectivity index (χ0v) is 17.3. The van der Waals surface area contributed by atoms with E-state index in [0.29, 0.717) is 6.42 Å². The van der Waals surface area contributed by atoms with Crippen molar-refractivity contribution in [2.24, 2.45) is 5.92 Å². The van der Waals surface area contributed by atoms with E-state index >= 15 is 0 Å². The lowest BCUT2D eigenvalue weighted by molar-refractivity contribution is 0.00951. The number of aromatic amines is 1. The Bertz CT molecular complexity index is 1110. The van der Waals surface area contributed by atoms with Crippen LogP contribution in [0.4, 0.5) is 5.13 Å². The van der Waals surface area contributed by atoms with E-state index in [4.69, 9.17) is 0 Å². The number of hydrogen-bond donors (Lipinski definition) is 3. The fourth-order valence-electron chi connectivity index (χ4n) is 4.29. The number of aliphatic hydroxyl groups is 1. The van der Waals surface area contributed by atoms with Crippen LogP contribution in [0, 0.1) is 5.92 Å². The van der Waals surface area contributed by atoms with Crippen LogP contribution >= 0.6 is 11.3 Å². The zero-order valence-electron chi connectivity index (χ0n) is 16.5. The molecule has 0 saturated heterocycles. The van der Waals surface area contributed by atoms with E-state index in [-0.39, 0.29) is 5.92 Å². The van der Waals surface area contributed by atoms with Gasteiger partial charge in [-0.15, -0.1) is 0 Å². The van der Waals surface area contributed by atoms with Crippen molar-refractivity contribution in [2.75, 3.05) is 5.32 Å². The number of H-pyrrole nitrogens is 1. The van der Waals surface area contributed by atoms with Crippen molar-refractivity contribution in [1.82, 2.24) is 19.9 Å². The van der Waals surface area contributed by atoms with Crippen molar-refractivity contribution in [3.05, 3.63) is 47.9 Å². The Morgan fingerprint density at radius 3 is 2.90 bits per heavy atom. The second kappa shape index (κ2) is 7.39. The maximum Gasteiger partial charge on any atom is 0.186 e. The van der Waals surface area contributed by atoms with E-state index in [0.717, 1.165) is 45.2 Å². The molecule has 1 atom stereocenters. The summed E-state index contributed by atoms with van der Waals surface area (Å²) in [5.41, 5.74) is 2.91. The Labute approximate surface area is 173 Å². The summed E-state index contributed by atoms with van der Waals surface area (Å²) >= 11 is 1.59. The minimum Gasteiger partial charge on any atom is -0.371 e. The Hall–Kier alpha value is -2.51. The highest BCUT2D eigenvalue weighted by Crippen LogP contribution is 2.35. The summed E-state index contributed by atoms with van der Waals surface area (Å²) < 4.78 is 1.11. The molecule has 0 aliphatic heterocycles. The number of nitrogens with zero attached hydrogens (tertiary/aromatic N) is 3. The van der Waals surface area contributed by atoms with Gasteiger partial charge >= 0.3 is 0 Å². The minimum absolute atomic E-state index is 0.278. The van der Waals surface area contributed by atoms with Gasteiger partial charge in [-0.3, -0.25) is 0 Å². The molecule has 6 nitrogen and oxygen atoms in total. The lowest BCUT2D eigenvalue weighted by Gasteiger charge is -2.36. The maximum absolute atomic E-state index is 11.0. The Kier molecular flexibility index (Phi) is 4.72. The van der Waals surface area contributed by atoms with Gasteiger partial charge < -0.3 is 15.4 Å². The molecule has 3 heterocycles. The smallest absolute Gasteiger partial charge is 0.186 e. The second-order valence-corrected chi connectivity index (χ2v) is 9.19. The molecule has 3 aromatic heterocycles. The normalized spacial score (nSPS) is 17.6. The van der Waals surface area contributed by atoms with Crippen LogP contribution in [0.15, 0.2) is 36.5 Å². The Balaban J connectivity index is 1.35. The molecule has 0 amide bonds. The molecule has 150 valence electrons. The van der Waals surface area contributed by atoms with Gasteiger partial charge in [-0.25, -0.2) is 15.0 Å². The van der Waals surface area contributed by atoms with Crippen LogP contribution in [-0.2, 0) is 6.42 Å². The molecule has 0 unspecified atom stereocenters. The predicted molar refractivity (Wildman–Crippen MR) is 117 cm³/mol. The predicted octanol–water partition coefficient (Wildman–Crippen LogP) is 4.86. The molecule has 0 radical (unpaired) electrons. The van der Waals surface area contributed by atoms with Gasteiger partial charge in [-0.05, 0) is 49.6 Å². The highest BCUT2D eigenvalue weighted by atomic mass is 32.1. The van der Waals surface area contributed by atoms with Gasteiger partial charge in [0.1, 0.15) is 11.5 Å². The molecule has 4 aromatic rings. The number of thiazole rings is 1. The first-order valence-electron chi connectivity index (χ1n) is 10.3. The third-order valence-electron chi connectivity index (χ3n) is 5.89. The molecule has 0 bridgehead atoms. The van der Waals surface area contributed by atoms with Crippen molar-refractivity contribution < 1.29 is 5.11 Å². The molecule has 1 aromatic carbocycles. The summed E-state index contributed by atoms with van der Waals surface area (Å²) in [6.07, 6.45) is 8.28. The summed E-state index contributed by atoms with van der Waals surface area (Å²) in [7, 11) is 0. The molecule has 29 heavy (non-hydrogen) atoms.